The van der Waals surface area contributed by atoms with E-state index in [0.29, 0.717) is 23.7 Å². The number of hydrogen-bond donors (Lipinski definition) is 1. The number of methoxy groups -OCH3 is 1. The molecule has 6 rings (SSSR count). The first-order valence-corrected chi connectivity index (χ1v) is 12.1. The minimum atomic E-state index is -0.184. The van der Waals surface area contributed by atoms with Crippen molar-refractivity contribution in [1.82, 2.24) is 0 Å². The van der Waals surface area contributed by atoms with Crippen molar-refractivity contribution in [2.75, 3.05) is 7.11 Å². The van der Waals surface area contributed by atoms with Crippen molar-refractivity contribution < 1.29 is 14.7 Å². The summed E-state index contributed by atoms with van der Waals surface area (Å²) < 4.78 is 12.4. The highest BCUT2D eigenvalue weighted by Gasteiger charge is 2.78. The lowest BCUT2D eigenvalue weighted by Crippen LogP contribution is -2.57. The Balaban J connectivity index is 1.41. The van der Waals surface area contributed by atoms with Crippen LogP contribution < -0.4 is 0 Å². The van der Waals surface area contributed by atoms with Crippen LogP contribution in [0.15, 0.2) is 41.6 Å². The van der Waals surface area contributed by atoms with Gasteiger partial charge in [-0.3, -0.25) is 0 Å². The van der Waals surface area contributed by atoms with Crippen molar-refractivity contribution >= 4 is 5.71 Å². The molecule has 0 amide bonds. The van der Waals surface area contributed by atoms with Crippen molar-refractivity contribution in [3.05, 3.63) is 36.5 Å². The summed E-state index contributed by atoms with van der Waals surface area (Å²) in [5, 5.41) is 12.8. The lowest BCUT2D eigenvalue weighted by molar-refractivity contribution is -0.212. The van der Waals surface area contributed by atoms with E-state index in [4.69, 9.17) is 9.47 Å². The van der Waals surface area contributed by atoms with Crippen LogP contribution in [0.4, 0.5) is 0 Å². The van der Waals surface area contributed by atoms with E-state index < -0.39 is 0 Å². The number of hydrogen-bond acceptors (Lipinski definition) is 4. The molecule has 30 heavy (non-hydrogen) atoms. The molecule has 1 N–H and O–H groups in total. The van der Waals surface area contributed by atoms with Crippen LogP contribution in [0.5, 0.6) is 0 Å². The maximum Gasteiger partial charge on any atom is 0.177 e. The van der Waals surface area contributed by atoms with Crippen molar-refractivity contribution in [2.45, 2.75) is 63.8 Å². The van der Waals surface area contributed by atoms with Crippen molar-refractivity contribution in [3.63, 3.8) is 0 Å². The summed E-state index contributed by atoms with van der Waals surface area (Å²) in [6, 6.07) is 0. The van der Waals surface area contributed by atoms with Gasteiger partial charge in [-0.15, -0.1) is 6.58 Å². The van der Waals surface area contributed by atoms with E-state index >= 15 is 0 Å². The van der Waals surface area contributed by atoms with Crippen LogP contribution in [0.25, 0.3) is 0 Å². The number of oxime groups is 1. The van der Waals surface area contributed by atoms with Crippen LogP contribution in [-0.4, -0.2) is 29.9 Å². The maximum absolute atomic E-state index is 9.32. The Labute approximate surface area is 180 Å². The average Bonchev–Trinajstić information content (AvgIpc) is 3.41. The smallest absolute Gasteiger partial charge is 0.177 e. The molecule has 4 heteroatoms. The fourth-order valence-electron chi connectivity index (χ4n) is 9.21. The minimum absolute atomic E-state index is 0.117. The van der Waals surface area contributed by atoms with Crippen LogP contribution in [0, 0.1) is 46.8 Å². The third-order valence-electron chi connectivity index (χ3n) is 10.2. The molecule has 162 valence electrons. The standard InChI is InChI=1S/C26H35NO3/c1-4-15-12-16-13-17(27-28)6-7-18(16)19-8-10-25(5-2)24(23(15)19)20-14-21(20)26(25)11-9-22(29-3)30-26/h4,9,11,13,15,18-24,28H,1,5-8,10,12,14H2,2-3H3/b27-17+/t15-,18+,19?,20-,21+,22?,23?,24?,25+,26+/m1/s1. The molecule has 0 aromatic heterocycles. The minimum Gasteiger partial charge on any atom is -0.411 e. The van der Waals surface area contributed by atoms with Gasteiger partial charge in [0.1, 0.15) is 0 Å². The molecule has 10 atom stereocenters. The molecule has 4 nitrogen and oxygen atoms in total. The lowest BCUT2D eigenvalue weighted by Gasteiger charge is -2.60. The molecule has 0 saturated heterocycles. The van der Waals surface area contributed by atoms with Gasteiger partial charge in [0.05, 0.1) is 11.3 Å². The zero-order valence-electron chi connectivity index (χ0n) is 18.3. The number of rotatable bonds is 3. The molecule has 1 aliphatic heterocycles. The van der Waals surface area contributed by atoms with Gasteiger partial charge in [0.25, 0.3) is 0 Å². The van der Waals surface area contributed by atoms with Crippen LogP contribution in [0.3, 0.4) is 0 Å². The molecular weight excluding hydrogens is 374 g/mol. The molecule has 0 bridgehead atoms. The van der Waals surface area contributed by atoms with E-state index in [1.165, 1.54) is 31.3 Å². The third kappa shape index (κ3) is 2.22. The van der Waals surface area contributed by atoms with E-state index in [1.54, 1.807) is 7.11 Å². The second kappa shape index (κ2) is 6.56. The van der Waals surface area contributed by atoms with Gasteiger partial charge in [-0.25, -0.2) is 0 Å². The highest BCUT2D eigenvalue weighted by atomic mass is 16.7. The van der Waals surface area contributed by atoms with Crippen LogP contribution in [0.1, 0.15) is 51.9 Å². The summed E-state index contributed by atoms with van der Waals surface area (Å²) in [5.74, 6) is 4.81. The number of nitrogens with zero attached hydrogens (tertiary/aromatic N) is 1. The zero-order valence-corrected chi connectivity index (χ0v) is 18.3. The van der Waals surface area contributed by atoms with Gasteiger partial charge in [-0.2, -0.15) is 0 Å². The summed E-state index contributed by atoms with van der Waals surface area (Å²) in [7, 11) is 1.76. The predicted molar refractivity (Wildman–Crippen MR) is 116 cm³/mol. The molecule has 0 aromatic carbocycles. The monoisotopic (exact) mass is 409 g/mol. The zero-order chi connectivity index (χ0) is 20.7. The van der Waals surface area contributed by atoms with Gasteiger partial charge in [0.2, 0.25) is 0 Å². The van der Waals surface area contributed by atoms with Gasteiger partial charge < -0.3 is 14.7 Å². The van der Waals surface area contributed by atoms with E-state index in [-0.39, 0.29) is 17.3 Å². The predicted octanol–water partition coefficient (Wildman–Crippen LogP) is 5.35. The Hall–Kier alpha value is -1.39. The summed E-state index contributed by atoms with van der Waals surface area (Å²) >= 11 is 0. The molecule has 1 spiro atoms. The molecule has 4 saturated carbocycles. The molecule has 4 unspecified atom stereocenters. The lowest BCUT2D eigenvalue weighted by atomic mass is 9.46. The molecule has 5 aliphatic carbocycles. The number of fused-ring (bicyclic) bond motifs is 9. The third-order valence-corrected chi connectivity index (χ3v) is 10.2. The molecule has 1 heterocycles. The van der Waals surface area contributed by atoms with Crippen molar-refractivity contribution in [2.24, 2.45) is 52.0 Å². The Morgan fingerprint density at radius 3 is 2.93 bits per heavy atom. The second-order valence-electron chi connectivity index (χ2n) is 10.8. The van der Waals surface area contributed by atoms with Gasteiger partial charge in [0.15, 0.2) is 6.29 Å². The summed E-state index contributed by atoms with van der Waals surface area (Å²) in [6.07, 6.45) is 17.0. The summed E-state index contributed by atoms with van der Waals surface area (Å²) in [5.41, 5.74) is 2.49. The summed E-state index contributed by atoms with van der Waals surface area (Å²) in [4.78, 5) is 0. The molecule has 0 aromatic rings. The first-order valence-electron chi connectivity index (χ1n) is 12.1. The Morgan fingerprint density at radius 1 is 1.37 bits per heavy atom. The molecule has 0 radical (unpaired) electrons. The Morgan fingerprint density at radius 2 is 2.23 bits per heavy atom. The molecular formula is C26H35NO3. The van der Waals surface area contributed by atoms with Gasteiger partial charge in [0, 0.05) is 12.5 Å². The first-order chi connectivity index (χ1) is 14.6. The van der Waals surface area contributed by atoms with Gasteiger partial charge in [-0.1, -0.05) is 29.8 Å². The largest absolute Gasteiger partial charge is 0.411 e. The SMILES string of the molecule is C=C[C@@H]1CC2=C/C(=N/O)CC[C@@H]2C2CC[C@@]3(CC)C(C21)[C@@H]1C[C@@H]1[C@@]31C=CC(OC)O1. The van der Waals surface area contributed by atoms with Crippen LogP contribution in [-0.2, 0) is 9.47 Å². The fraction of sp³-hybridized carbons (Fsp3) is 0.731. The maximum atomic E-state index is 9.32. The van der Waals surface area contributed by atoms with Crippen molar-refractivity contribution in [3.8, 4) is 0 Å². The van der Waals surface area contributed by atoms with Crippen molar-refractivity contribution in [1.29, 1.82) is 0 Å². The van der Waals surface area contributed by atoms with Crippen LogP contribution in [0.2, 0.25) is 0 Å². The Kier molecular flexibility index (Phi) is 4.22. The first kappa shape index (κ1) is 19.3. The highest BCUT2D eigenvalue weighted by Crippen LogP contribution is 2.79. The topological polar surface area (TPSA) is 51.1 Å². The quantitative estimate of drug-likeness (QED) is 0.389. The van der Waals surface area contributed by atoms with E-state index in [9.17, 15) is 5.21 Å². The normalized spacial score (nSPS) is 54.3. The Bertz CT molecular complexity index is 845. The molecule has 6 aliphatic rings. The number of allylic oxidation sites excluding steroid dienone is 3. The number of ether oxygens (including phenoxy) is 2. The average molecular weight is 410 g/mol. The molecule has 4 fully saturated rings. The van der Waals surface area contributed by atoms with E-state index in [1.807, 2.05) is 0 Å². The van der Waals surface area contributed by atoms with E-state index in [2.05, 4.69) is 43.0 Å². The second-order valence-corrected chi connectivity index (χ2v) is 10.8. The van der Waals surface area contributed by atoms with Gasteiger partial charge in [-0.05, 0) is 98.5 Å². The fourth-order valence-corrected chi connectivity index (χ4v) is 9.21. The highest BCUT2D eigenvalue weighted by molar-refractivity contribution is 5.96. The van der Waals surface area contributed by atoms with Crippen LogP contribution >= 0.6 is 0 Å². The summed E-state index contributed by atoms with van der Waals surface area (Å²) in [6.45, 7) is 6.70. The van der Waals surface area contributed by atoms with E-state index in [0.717, 1.165) is 42.7 Å². The van der Waals surface area contributed by atoms with Gasteiger partial charge >= 0.3 is 0 Å².